The van der Waals surface area contributed by atoms with Crippen LogP contribution in [-0.4, -0.2) is 13.1 Å². The minimum absolute atomic E-state index is 0.522. The molecule has 2 nitrogen and oxygen atoms in total. The summed E-state index contributed by atoms with van der Waals surface area (Å²) >= 11 is 0. The Morgan fingerprint density at radius 3 is 2.33 bits per heavy atom. The van der Waals surface area contributed by atoms with E-state index in [9.17, 15) is 0 Å². The molecule has 0 atom stereocenters. The third-order valence-corrected chi connectivity index (χ3v) is 3.59. The van der Waals surface area contributed by atoms with E-state index in [1.807, 2.05) is 0 Å². The van der Waals surface area contributed by atoms with Crippen molar-refractivity contribution in [2.75, 3.05) is 11.9 Å². The predicted octanol–water partition coefficient (Wildman–Crippen LogP) is 4.13. The highest BCUT2D eigenvalue weighted by molar-refractivity contribution is 5.47. The Hall–Kier alpha value is -1.80. The van der Waals surface area contributed by atoms with Crippen LogP contribution in [0, 0.1) is 6.92 Å². The lowest BCUT2D eigenvalue weighted by atomic mass is 10.1. The molecule has 2 aromatic rings. The fourth-order valence-electron chi connectivity index (χ4n) is 2.37. The third-order valence-electron chi connectivity index (χ3n) is 3.59. The van der Waals surface area contributed by atoms with E-state index in [2.05, 4.69) is 86.6 Å². The summed E-state index contributed by atoms with van der Waals surface area (Å²) in [5.74, 6) is 0. The Balaban J connectivity index is 1.97. The predicted molar refractivity (Wildman–Crippen MR) is 91.7 cm³/mol. The van der Waals surface area contributed by atoms with Gasteiger partial charge >= 0.3 is 0 Å². The first-order valence-corrected chi connectivity index (χ1v) is 7.63. The molecule has 0 unspecified atom stereocenters. The van der Waals surface area contributed by atoms with Gasteiger partial charge in [-0.25, -0.2) is 0 Å². The summed E-state index contributed by atoms with van der Waals surface area (Å²) in [7, 11) is 2.14. The Labute approximate surface area is 128 Å². The van der Waals surface area contributed by atoms with Crippen LogP contribution in [0.2, 0.25) is 0 Å². The molecule has 2 aromatic carbocycles. The maximum Gasteiger partial charge on any atom is 0.0426 e. The zero-order valence-electron chi connectivity index (χ0n) is 13.6. The van der Waals surface area contributed by atoms with Gasteiger partial charge < -0.3 is 10.2 Å². The van der Waals surface area contributed by atoms with Crippen LogP contribution in [-0.2, 0) is 13.1 Å². The number of rotatable bonds is 6. The molecular formula is C19H26N2. The summed E-state index contributed by atoms with van der Waals surface area (Å²) in [6, 6.07) is 18.0. The Bertz CT molecular complexity index is 558. The zero-order valence-corrected chi connectivity index (χ0v) is 13.6. The molecule has 1 N–H and O–H groups in total. The van der Waals surface area contributed by atoms with Crippen LogP contribution in [0.15, 0.2) is 48.5 Å². The molecule has 21 heavy (non-hydrogen) atoms. The van der Waals surface area contributed by atoms with Crippen molar-refractivity contribution in [1.82, 2.24) is 5.32 Å². The van der Waals surface area contributed by atoms with Gasteiger partial charge in [0.2, 0.25) is 0 Å². The largest absolute Gasteiger partial charge is 0.370 e. The number of nitrogens with zero attached hydrogens (tertiary/aromatic N) is 1. The number of anilines is 1. The first-order valence-electron chi connectivity index (χ1n) is 7.63. The van der Waals surface area contributed by atoms with Gasteiger partial charge in [0.1, 0.15) is 0 Å². The highest BCUT2D eigenvalue weighted by Crippen LogP contribution is 2.17. The standard InChI is InChI=1S/C19H26N2/c1-15(2)20-13-17-8-10-19(11-9-17)21(4)14-18-7-5-6-16(3)12-18/h5-12,15,20H,13-14H2,1-4H3. The molecule has 0 amide bonds. The highest BCUT2D eigenvalue weighted by Gasteiger charge is 2.03. The van der Waals surface area contributed by atoms with E-state index < -0.39 is 0 Å². The minimum atomic E-state index is 0.522. The van der Waals surface area contributed by atoms with Crippen LogP contribution in [0.5, 0.6) is 0 Å². The molecule has 0 fully saturated rings. The third kappa shape index (κ3) is 4.91. The lowest BCUT2D eigenvalue weighted by Gasteiger charge is -2.20. The van der Waals surface area contributed by atoms with Gasteiger partial charge in [-0.3, -0.25) is 0 Å². The second kappa shape index (κ2) is 7.28. The van der Waals surface area contributed by atoms with Crippen LogP contribution >= 0.6 is 0 Å². The van der Waals surface area contributed by atoms with Crippen LogP contribution in [0.1, 0.15) is 30.5 Å². The van der Waals surface area contributed by atoms with Crippen LogP contribution in [0.25, 0.3) is 0 Å². The SMILES string of the molecule is Cc1cccc(CN(C)c2ccc(CNC(C)C)cc2)c1. The number of aryl methyl sites for hydroxylation is 1. The van der Waals surface area contributed by atoms with Crippen molar-refractivity contribution in [2.45, 2.75) is 39.9 Å². The van der Waals surface area contributed by atoms with Crippen molar-refractivity contribution < 1.29 is 0 Å². The summed E-state index contributed by atoms with van der Waals surface area (Å²) in [4.78, 5) is 2.29. The maximum absolute atomic E-state index is 3.44. The number of benzene rings is 2. The van der Waals surface area contributed by atoms with Crippen molar-refractivity contribution in [1.29, 1.82) is 0 Å². The Morgan fingerprint density at radius 2 is 1.71 bits per heavy atom. The summed E-state index contributed by atoms with van der Waals surface area (Å²) in [6.45, 7) is 8.35. The number of hydrogen-bond donors (Lipinski definition) is 1. The first-order chi connectivity index (χ1) is 10.0. The molecule has 0 aliphatic rings. The molecule has 0 spiro atoms. The van der Waals surface area contributed by atoms with Crippen molar-refractivity contribution in [3.63, 3.8) is 0 Å². The van der Waals surface area contributed by atoms with Crippen LogP contribution in [0.4, 0.5) is 5.69 Å². The monoisotopic (exact) mass is 282 g/mol. The molecule has 0 heterocycles. The van der Waals surface area contributed by atoms with E-state index in [1.54, 1.807) is 0 Å². The van der Waals surface area contributed by atoms with E-state index in [-0.39, 0.29) is 0 Å². The van der Waals surface area contributed by atoms with Crippen molar-refractivity contribution in [3.8, 4) is 0 Å². The molecule has 0 saturated heterocycles. The molecule has 0 bridgehead atoms. The van der Waals surface area contributed by atoms with Gasteiger partial charge in [-0.2, -0.15) is 0 Å². The van der Waals surface area contributed by atoms with Crippen molar-refractivity contribution in [2.24, 2.45) is 0 Å². The highest BCUT2D eigenvalue weighted by atomic mass is 15.1. The number of nitrogens with one attached hydrogen (secondary N) is 1. The molecule has 0 aromatic heterocycles. The Morgan fingerprint density at radius 1 is 1.00 bits per heavy atom. The van der Waals surface area contributed by atoms with Gasteiger partial charge in [-0.05, 0) is 30.2 Å². The summed E-state index contributed by atoms with van der Waals surface area (Å²) in [6.07, 6.45) is 0. The molecule has 2 rings (SSSR count). The summed E-state index contributed by atoms with van der Waals surface area (Å²) in [5, 5.41) is 3.44. The van der Waals surface area contributed by atoms with E-state index in [0.717, 1.165) is 13.1 Å². The Kier molecular flexibility index (Phi) is 5.40. The maximum atomic E-state index is 3.44. The normalized spacial score (nSPS) is 10.9. The molecule has 0 aliphatic heterocycles. The molecule has 0 radical (unpaired) electrons. The van der Waals surface area contributed by atoms with E-state index in [4.69, 9.17) is 0 Å². The van der Waals surface area contributed by atoms with Gasteiger partial charge in [-0.15, -0.1) is 0 Å². The van der Waals surface area contributed by atoms with Crippen molar-refractivity contribution in [3.05, 3.63) is 65.2 Å². The molecule has 2 heteroatoms. The van der Waals surface area contributed by atoms with Crippen molar-refractivity contribution >= 4 is 5.69 Å². The van der Waals surface area contributed by atoms with Gasteiger partial charge in [0.25, 0.3) is 0 Å². The molecular weight excluding hydrogens is 256 g/mol. The fourth-order valence-corrected chi connectivity index (χ4v) is 2.37. The average Bonchev–Trinajstić information content (AvgIpc) is 2.45. The molecule has 112 valence electrons. The summed E-state index contributed by atoms with van der Waals surface area (Å²) in [5.41, 5.74) is 5.25. The topological polar surface area (TPSA) is 15.3 Å². The molecule has 0 saturated carbocycles. The van der Waals surface area contributed by atoms with E-state index in [1.165, 1.54) is 22.4 Å². The lowest BCUT2D eigenvalue weighted by Crippen LogP contribution is -2.22. The minimum Gasteiger partial charge on any atom is -0.370 e. The van der Waals surface area contributed by atoms with Gasteiger partial charge in [-0.1, -0.05) is 55.8 Å². The zero-order chi connectivity index (χ0) is 15.2. The van der Waals surface area contributed by atoms with E-state index >= 15 is 0 Å². The van der Waals surface area contributed by atoms with E-state index in [0.29, 0.717) is 6.04 Å². The quantitative estimate of drug-likeness (QED) is 0.857. The second-order valence-corrected chi connectivity index (χ2v) is 6.05. The van der Waals surface area contributed by atoms with Gasteiger partial charge in [0.05, 0.1) is 0 Å². The van der Waals surface area contributed by atoms with Gasteiger partial charge in [0, 0.05) is 31.9 Å². The molecule has 0 aliphatic carbocycles. The fraction of sp³-hybridized carbons (Fsp3) is 0.368. The first kappa shape index (κ1) is 15.6. The summed E-state index contributed by atoms with van der Waals surface area (Å²) < 4.78 is 0. The van der Waals surface area contributed by atoms with Crippen LogP contribution < -0.4 is 10.2 Å². The lowest BCUT2D eigenvalue weighted by molar-refractivity contribution is 0.589. The average molecular weight is 282 g/mol. The second-order valence-electron chi connectivity index (χ2n) is 6.05. The number of hydrogen-bond acceptors (Lipinski definition) is 2. The smallest absolute Gasteiger partial charge is 0.0426 e. The van der Waals surface area contributed by atoms with Gasteiger partial charge in [0.15, 0.2) is 0 Å². The van der Waals surface area contributed by atoms with Crippen LogP contribution in [0.3, 0.4) is 0 Å².